The van der Waals surface area contributed by atoms with Gasteiger partial charge in [0.05, 0.1) is 6.61 Å². The summed E-state index contributed by atoms with van der Waals surface area (Å²) < 4.78 is 10.5. The van der Waals surface area contributed by atoms with Gasteiger partial charge in [-0.3, -0.25) is 9.59 Å². The summed E-state index contributed by atoms with van der Waals surface area (Å²) in [5.41, 5.74) is 0.837. The van der Waals surface area contributed by atoms with E-state index in [1.54, 1.807) is 34.6 Å². The third kappa shape index (κ3) is 11.6. The van der Waals surface area contributed by atoms with Crippen LogP contribution in [0, 0.1) is 11.8 Å². The normalized spacial score (nSPS) is 12.9. The number of ether oxygens (including phenoxy) is 2. The van der Waals surface area contributed by atoms with Crippen molar-refractivity contribution in [2.75, 3.05) is 6.61 Å². The summed E-state index contributed by atoms with van der Waals surface area (Å²) in [5, 5.41) is 8.09. The second kappa shape index (κ2) is 15.9. The zero-order chi connectivity index (χ0) is 29.5. The number of amides is 3. The zero-order valence-corrected chi connectivity index (χ0v) is 23.8. The number of alkyl carbamates (subject to hydrolysis) is 1. The van der Waals surface area contributed by atoms with Crippen molar-refractivity contribution in [3.05, 3.63) is 71.8 Å². The molecule has 9 heteroatoms. The van der Waals surface area contributed by atoms with Crippen LogP contribution < -0.4 is 16.0 Å². The fraction of sp³-hybridized carbons (Fsp3) is 0.419. The molecular formula is C31H39N3O6. The molecule has 9 nitrogen and oxygen atoms in total. The van der Waals surface area contributed by atoms with Gasteiger partial charge < -0.3 is 25.4 Å². The van der Waals surface area contributed by atoms with Crippen molar-refractivity contribution in [1.29, 1.82) is 0 Å². The molecule has 2 aromatic rings. The molecule has 0 radical (unpaired) electrons. The Kier molecular flexibility index (Phi) is 12.7. The van der Waals surface area contributed by atoms with Crippen LogP contribution in [0.3, 0.4) is 0 Å². The lowest BCUT2D eigenvalue weighted by atomic mass is 10.0. The van der Waals surface area contributed by atoms with Crippen molar-refractivity contribution >= 4 is 23.9 Å². The minimum Gasteiger partial charge on any atom is -0.464 e. The van der Waals surface area contributed by atoms with E-state index in [0.717, 1.165) is 11.1 Å². The van der Waals surface area contributed by atoms with Crippen LogP contribution in [0.15, 0.2) is 60.7 Å². The Bertz CT molecular complexity index is 1180. The van der Waals surface area contributed by atoms with Crippen molar-refractivity contribution in [2.24, 2.45) is 0 Å². The predicted molar refractivity (Wildman–Crippen MR) is 152 cm³/mol. The molecule has 0 fully saturated rings. The molecule has 40 heavy (non-hydrogen) atoms. The average molecular weight is 550 g/mol. The first kappa shape index (κ1) is 31.9. The van der Waals surface area contributed by atoms with Crippen LogP contribution in [-0.2, 0) is 36.7 Å². The first-order valence-corrected chi connectivity index (χ1v) is 13.3. The molecule has 0 saturated heterocycles. The molecule has 0 saturated carbocycles. The van der Waals surface area contributed by atoms with Gasteiger partial charge >= 0.3 is 12.1 Å². The first-order chi connectivity index (χ1) is 19.0. The van der Waals surface area contributed by atoms with E-state index >= 15 is 0 Å². The fourth-order valence-corrected chi connectivity index (χ4v) is 3.75. The van der Waals surface area contributed by atoms with Crippen LogP contribution in [0.5, 0.6) is 0 Å². The topological polar surface area (TPSA) is 123 Å². The maximum atomic E-state index is 13.6. The molecule has 3 atom stereocenters. The van der Waals surface area contributed by atoms with Gasteiger partial charge in [0, 0.05) is 19.3 Å². The molecule has 0 heterocycles. The summed E-state index contributed by atoms with van der Waals surface area (Å²) >= 11 is 0. The van der Waals surface area contributed by atoms with Crippen LogP contribution in [0.25, 0.3) is 0 Å². The molecule has 3 amide bonds. The molecule has 3 N–H and O–H groups in total. The predicted octanol–water partition coefficient (Wildman–Crippen LogP) is 3.31. The number of rotatable bonds is 12. The summed E-state index contributed by atoms with van der Waals surface area (Å²) in [4.78, 5) is 52.1. The molecular weight excluding hydrogens is 510 g/mol. The van der Waals surface area contributed by atoms with E-state index in [9.17, 15) is 19.2 Å². The molecule has 0 aromatic heterocycles. The van der Waals surface area contributed by atoms with Crippen molar-refractivity contribution in [3.8, 4) is 11.8 Å². The van der Waals surface area contributed by atoms with Crippen LogP contribution in [0.2, 0.25) is 0 Å². The van der Waals surface area contributed by atoms with E-state index in [-0.39, 0.29) is 25.9 Å². The van der Waals surface area contributed by atoms with E-state index in [0.29, 0.717) is 0 Å². The van der Waals surface area contributed by atoms with Crippen LogP contribution >= 0.6 is 0 Å². The van der Waals surface area contributed by atoms with Gasteiger partial charge in [-0.25, -0.2) is 9.59 Å². The second-order valence-corrected chi connectivity index (χ2v) is 10.1. The highest BCUT2D eigenvalue weighted by atomic mass is 16.6. The number of hydrogen-bond acceptors (Lipinski definition) is 6. The Morgan fingerprint density at radius 3 is 1.70 bits per heavy atom. The highest BCUT2D eigenvalue weighted by Gasteiger charge is 2.31. The standard InChI is InChI=1S/C31H39N3O6/c1-6-8-19-24(29(37)39-7-2)32-27(35)25(20-22-15-11-9-12-16-22)33-28(36)26(21-23-17-13-10-14-18-23)34-30(38)40-31(3,4)5/h9-18,24-26H,7,19-21H2,1-5H3,(H,32,35)(H,33,36)(H,34,38). The number of esters is 1. The van der Waals surface area contributed by atoms with Crippen molar-refractivity contribution in [3.63, 3.8) is 0 Å². The lowest BCUT2D eigenvalue weighted by Crippen LogP contribution is -2.57. The summed E-state index contributed by atoms with van der Waals surface area (Å²) in [5.74, 6) is 3.73. The third-order valence-electron chi connectivity index (χ3n) is 5.58. The number of nitrogens with one attached hydrogen (secondary N) is 3. The number of benzene rings is 2. The highest BCUT2D eigenvalue weighted by Crippen LogP contribution is 2.10. The van der Waals surface area contributed by atoms with Crippen LogP contribution in [0.4, 0.5) is 4.79 Å². The van der Waals surface area contributed by atoms with Gasteiger partial charge in [-0.15, -0.1) is 11.8 Å². The minimum absolute atomic E-state index is 0.0594. The van der Waals surface area contributed by atoms with Crippen molar-refractivity contribution < 1.29 is 28.7 Å². The quantitative estimate of drug-likeness (QED) is 0.276. The molecule has 0 bridgehead atoms. The first-order valence-electron chi connectivity index (χ1n) is 13.3. The number of carbonyl (C=O) groups excluding carboxylic acids is 4. The summed E-state index contributed by atoms with van der Waals surface area (Å²) in [7, 11) is 0. The van der Waals surface area contributed by atoms with Gasteiger partial charge in [-0.1, -0.05) is 60.7 Å². The number of carbonyl (C=O) groups is 4. The smallest absolute Gasteiger partial charge is 0.408 e. The SMILES string of the molecule is CC#CCC(NC(=O)C(Cc1ccccc1)NC(=O)C(Cc1ccccc1)NC(=O)OC(C)(C)C)C(=O)OCC. The average Bonchev–Trinajstić information content (AvgIpc) is 2.90. The molecule has 0 spiro atoms. The Balaban J connectivity index is 2.31. The van der Waals surface area contributed by atoms with E-state index in [2.05, 4.69) is 27.8 Å². The van der Waals surface area contributed by atoms with Crippen molar-refractivity contribution in [2.45, 2.75) is 77.6 Å². The van der Waals surface area contributed by atoms with Crippen LogP contribution in [-0.4, -0.2) is 54.2 Å². The maximum absolute atomic E-state index is 13.6. The summed E-state index contributed by atoms with van der Waals surface area (Å²) in [6.45, 7) is 8.62. The molecule has 2 aromatic carbocycles. The van der Waals surface area contributed by atoms with E-state index in [4.69, 9.17) is 9.47 Å². The minimum atomic E-state index is -1.06. The Labute approximate surface area is 236 Å². The van der Waals surface area contributed by atoms with Crippen molar-refractivity contribution in [1.82, 2.24) is 16.0 Å². The highest BCUT2D eigenvalue weighted by molar-refractivity contribution is 5.93. The van der Waals surface area contributed by atoms with E-state index in [1.807, 2.05) is 60.7 Å². The third-order valence-corrected chi connectivity index (χ3v) is 5.58. The van der Waals surface area contributed by atoms with Gasteiger partial charge in [-0.05, 0) is 45.7 Å². The molecule has 0 aliphatic carbocycles. The molecule has 3 unspecified atom stereocenters. The molecule has 0 aliphatic rings. The van der Waals surface area contributed by atoms with E-state index in [1.165, 1.54) is 0 Å². The van der Waals surface area contributed by atoms with Gasteiger partial charge in [0.2, 0.25) is 11.8 Å². The van der Waals surface area contributed by atoms with Gasteiger partial charge in [-0.2, -0.15) is 0 Å². The van der Waals surface area contributed by atoms with Crippen LogP contribution in [0.1, 0.15) is 52.2 Å². The van der Waals surface area contributed by atoms with Gasteiger partial charge in [0.15, 0.2) is 0 Å². The maximum Gasteiger partial charge on any atom is 0.408 e. The lowest BCUT2D eigenvalue weighted by Gasteiger charge is -2.26. The Hall–Kier alpha value is -4.32. The van der Waals surface area contributed by atoms with E-state index < -0.39 is 47.6 Å². The fourth-order valence-electron chi connectivity index (χ4n) is 3.75. The summed E-state index contributed by atoms with van der Waals surface area (Å²) in [6, 6.07) is 15.3. The molecule has 0 aliphatic heterocycles. The number of hydrogen-bond donors (Lipinski definition) is 3. The Morgan fingerprint density at radius 2 is 1.25 bits per heavy atom. The van der Waals surface area contributed by atoms with Gasteiger partial charge in [0.1, 0.15) is 23.7 Å². The molecule has 214 valence electrons. The second-order valence-electron chi connectivity index (χ2n) is 10.1. The zero-order valence-electron chi connectivity index (χ0n) is 23.8. The summed E-state index contributed by atoms with van der Waals surface area (Å²) in [6.07, 6.45) is -0.376. The lowest BCUT2D eigenvalue weighted by molar-refractivity contribution is -0.147. The van der Waals surface area contributed by atoms with Gasteiger partial charge in [0.25, 0.3) is 0 Å². The largest absolute Gasteiger partial charge is 0.464 e. The monoisotopic (exact) mass is 549 g/mol. The molecule has 2 rings (SSSR count). The Morgan fingerprint density at radius 1 is 0.775 bits per heavy atom.